The first-order chi connectivity index (χ1) is 14.2. The molecule has 0 saturated carbocycles. The largest absolute Gasteiger partial charge is 0.485 e. The molecule has 0 spiro atoms. The molecule has 29 heavy (non-hydrogen) atoms. The maximum Gasteiger partial charge on any atom is 0.275 e. The number of fused-ring (bicyclic) bond motifs is 1. The molecule has 4 rings (SSSR count). The van der Waals surface area contributed by atoms with Crippen molar-refractivity contribution in [1.29, 1.82) is 0 Å². The van der Waals surface area contributed by atoms with Crippen LogP contribution in [0.1, 0.15) is 5.56 Å². The van der Waals surface area contributed by atoms with E-state index in [0.29, 0.717) is 37.7 Å². The van der Waals surface area contributed by atoms with Crippen molar-refractivity contribution in [3.05, 3.63) is 60.2 Å². The van der Waals surface area contributed by atoms with Gasteiger partial charge in [0.1, 0.15) is 6.61 Å². The molecule has 2 aromatic carbocycles. The van der Waals surface area contributed by atoms with E-state index in [1.165, 1.54) is 4.90 Å². The minimum absolute atomic E-state index is 0.0317. The van der Waals surface area contributed by atoms with Gasteiger partial charge in [-0.15, -0.1) is 0 Å². The summed E-state index contributed by atoms with van der Waals surface area (Å²) >= 11 is 0. The minimum Gasteiger partial charge on any atom is -0.485 e. The molecule has 0 bridgehead atoms. The van der Waals surface area contributed by atoms with E-state index in [-0.39, 0.29) is 18.4 Å². The summed E-state index contributed by atoms with van der Waals surface area (Å²) in [6.45, 7) is 3.90. The van der Waals surface area contributed by atoms with Crippen LogP contribution in [0.3, 0.4) is 0 Å². The van der Waals surface area contributed by atoms with Crippen molar-refractivity contribution in [3.8, 4) is 11.5 Å². The Balaban J connectivity index is 1.21. The van der Waals surface area contributed by atoms with Crippen LogP contribution in [0.4, 0.5) is 0 Å². The van der Waals surface area contributed by atoms with Crippen LogP contribution >= 0.6 is 0 Å². The Hall–Kier alpha value is -3.06. The molecule has 1 atom stereocenters. The van der Waals surface area contributed by atoms with E-state index in [1.807, 2.05) is 59.5 Å². The van der Waals surface area contributed by atoms with Gasteiger partial charge >= 0.3 is 0 Å². The third kappa shape index (κ3) is 4.86. The molecule has 2 heterocycles. The van der Waals surface area contributed by atoms with Gasteiger partial charge in [0.05, 0.1) is 26.2 Å². The number of carbonyl (C=O) groups is 2. The fourth-order valence-corrected chi connectivity index (χ4v) is 3.65. The average molecular weight is 396 g/mol. The Kier molecular flexibility index (Phi) is 5.95. The summed E-state index contributed by atoms with van der Waals surface area (Å²) in [6.07, 6.45) is -0.611. The number of para-hydroxylation sites is 2. The quantitative estimate of drug-likeness (QED) is 0.739. The molecule has 2 amide bonds. The highest BCUT2D eigenvalue weighted by atomic mass is 16.6. The van der Waals surface area contributed by atoms with E-state index in [0.717, 1.165) is 18.7 Å². The van der Waals surface area contributed by atoms with E-state index in [4.69, 9.17) is 9.47 Å². The predicted molar refractivity (Wildman–Crippen MR) is 107 cm³/mol. The molecule has 0 unspecified atom stereocenters. The summed E-state index contributed by atoms with van der Waals surface area (Å²) in [7, 11) is 0. The van der Waals surface area contributed by atoms with Crippen LogP contribution < -0.4 is 19.7 Å². The Labute approximate surface area is 170 Å². The van der Waals surface area contributed by atoms with Gasteiger partial charge in [0, 0.05) is 6.54 Å². The van der Waals surface area contributed by atoms with Crippen molar-refractivity contribution in [2.45, 2.75) is 12.6 Å². The zero-order chi connectivity index (χ0) is 20.1. The smallest absolute Gasteiger partial charge is 0.275 e. The highest BCUT2D eigenvalue weighted by Gasteiger charge is 2.33. The number of benzene rings is 2. The van der Waals surface area contributed by atoms with Gasteiger partial charge in [-0.05, 0) is 17.7 Å². The van der Waals surface area contributed by atoms with Gasteiger partial charge in [-0.25, -0.2) is 0 Å². The Morgan fingerprint density at radius 2 is 1.69 bits per heavy atom. The van der Waals surface area contributed by atoms with E-state index < -0.39 is 6.10 Å². The number of ether oxygens (including phenoxy) is 2. The Morgan fingerprint density at radius 3 is 2.45 bits per heavy atom. The van der Waals surface area contributed by atoms with Crippen molar-refractivity contribution in [2.24, 2.45) is 0 Å². The lowest BCUT2D eigenvalue weighted by Crippen LogP contribution is -3.15. The lowest BCUT2D eigenvalue weighted by molar-refractivity contribution is -0.896. The van der Waals surface area contributed by atoms with Crippen LogP contribution in [-0.2, 0) is 16.1 Å². The van der Waals surface area contributed by atoms with Crippen molar-refractivity contribution in [2.75, 3.05) is 39.3 Å². The van der Waals surface area contributed by atoms with Gasteiger partial charge in [0.25, 0.3) is 11.8 Å². The summed E-state index contributed by atoms with van der Waals surface area (Å²) in [4.78, 5) is 28.0. The second kappa shape index (κ2) is 8.96. The fourth-order valence-electron chi connectivity index (χ4n) is 3.65. The van der Waals surface area contributed by atoms with Crippen molar-refractivity contribution >= 4 is 11.8 Å². The maximum atomic E-state index is 12.8. The molecular weight excluding hydrogens is 370 g/mol. The number of hydrogen-bond donors (Lipinski definition) is 2. The topological polar surface area (TPSA) is 72.3 Å². The number of carbonyl (C=O) groups excluding carboxylic acids is 2. The molecule has 2 aliphatic rings. The zero-order valence-corrected chi connectivity index (χ0v) is 16.3. The predicted octanol–water partition coefficient (Wildman–Crippen LogP) is -0.130. The number of rotatable bonds is 5. The molecular formula is C22H26N3O4+. The molecule has 0 radical (unpaired) electrons. The molecule has 1 fully saturated rings. The first-order valence-electron chi connectivity index (χ1n) is 10.0. The van der Waals surface area contributed by atoms with E-state index in [2.05, 4.69) is 5.32 Å². The maximum absolute atomic E-state index is 12.8. The van der Waals surface area contributed by atoms with E-state index >= 15 is 0 Å². The number of nitrogens with zero attached hydrogens (tertiary/aromatic N) is 1. The summed E-state index contributed by atoms with van der Waals surface area (Å²) in [5.41, 5.74) is 1.09. The van der Waals surface area contributed by atoms with Crippen LogP contribution in [0.15, 0.2) is 54.6 Å². The van der Waals surface area contributed by atoms with Crippen molar-refractivity contribution < 1.29 is 24.0 Å². The summed E-state index contributed by atoms with van der Waals surface area (Å²) in [5.74, 6) is 1.26. The van der Waals surface area contributed by atoms with Gasteiger partial charge in [-0.2, -0.15) is 0 Å². The molecule has 2 N–H and O–H groups in total. The van der Waals surface area contributed by atoms with Crippen LogP contribution in [0, 0.1) is 0 Å². The second-order valence-corrected chi connectivity index (χ2v) is 7.38. The van der Waals surface area contributed by atoms with Gasteiger partial charge < -0.3 is 24.6 Å². The molecule has 2 aliphatic heterocycles. The van der Waals surface area contributed by atoms with Gasteiger partial charge in [-0.3, -0.25) is 9.59 Å². The van der Waals surface area contributed by atoms with Crippen LogP contribution in [0.5, 0.6) is 11.5 Å². The van der Waals surface area contributed by atoms with E-state index in [9.17, 15) is 9.59 Å². The van der Waals surface area contributed by atoms with Gasteiger partial charge in [0.15, 0.2) is 18.0 Å². The Morgan fingerprint density at radius 1 is 1.00 bits per heavy atom. The Bertz CT molecular complexity index is 850. The van der Waals surface area contributed by atoms with Crippen molar-refractivity contribution in [3.63, 3.8) is 0 Å². The third-order valence-corrected chi connectivity index (χ3v) is 5.31. The average Bonchev–Trinajstić information content (AvgIpc) is 2.78. The zero-order valence-electron chi connectivity index (χ0n) is 16.3. The highest BCUT2D eigenvalue weighted by Crippen LogP contribution is 2.31. The molecule has 1 saturated heterocycles. The van der Waals surface area contributed by atoms with Gasteiger partial charge in [-0.1, -0.05) is 42.5 Å². The number of amides is 2. The number of piperazine rings is 1. The monoisotopic (exact) mass is 396 g/mol. The SMILES string of the molecule is O=C(C[NH+]1CCN(C(=O)[C@@H]2COc3ccccc3O2)CC1)NCc1ccccc1. The molecule has 2 aromatic rings. The number of nitrogens with one attached hydrogen (secondary N) is 2. The first kappa shape index (κ1) is 19.3. The van der Waals surface area contributed by atoms with Gasteiger partial charge in [0.2, 0.25) is 6.10 Å². The standard InChI is InChI=1S/C22H25N3O4/c26-21(23-14-17-6-2-1-3-7-17)15-24-10-12-25(13-11-24)22(27)20-16-28-18-8-4-5-9-19(18)29-20/h1-9,20H,10-16H2,(H,23,26)/p+1/t20-/m0/s1. The molecule has 0 aromatic heterocycles. The summed E-state index contributed by atoms with van der Waals surface area (Å²) in [6, 6.07) is 17.2. The van der Waals surface area contributed by atoms with E-state index in [1.54, 1.807) is 0 Å². The highest BCUT2D eigenvalue weighted by molar-refractivity contribution is 5.82. The summed E-state index contributed by atoms with van der Waals surface area (Å²) < 4.78 is 11.5. The lowest BCUT2D eigenvalue weighted by Gasteiger charge is -2.35. The summed E-state index contributed by atoms with van der Waals surface area (Å²) in [5, 5.41) is 2.96. The number of quaternary nitrogens is 1. The molecule has 7 heteroatoms. The molecule has 7 nitrogen and oxygen atoms in total. The van der Waals surface area contributed by atoms with Crippen LogP contribution in [0.2, 0.25) is 0 Å². The van der Waals surface area contributed by atoms with Crippen LogP contribution in [0.25, 0.3) is 0 Å². The molecule has 0 aliphatic carbocycles. The molecule has 152 valence electrons. The second-order valence-electron chi connectivity index (χ2n) is 7.38. The van der Waals surface area contributed by atoms with Crippen LogP contribution in [-0.4, -0.2) is 62.1 Å². The third-order valence-electron chi connectivity index (χ3n) is 5.31. The first-order valence-corrected chi connectivity index (χ1v) is 10.0. The fraction of sp³-hybridized carbons (Fsp3) is 0.364. The minimum atomic E-state index is -0.611. The normalized spacial score (nSPS) is 18.9. The van der Waals surface area contributed by atoms with Crippen molar-refractivity contribution in [1.82, 2.24) is 10.2 Å². The number of hydrogen-bond acceptors (Lipinski definition) is 4. The lowest BCUT2D eigenvalue weighted by atomic mass is 10.2.